The Bertz CT molecular complexity index is 2060. The number of amides is 1. The molecule has 7 heteroatoms. The van der Waals surface area contributed by atoms with E-state index in [2.05, 4.69) is 66.7 Å². The fraction of sp³-hybridized carbons (Fsp3) is 0.0256. The summed E-state index contributed by atoms with van der Waals surface area (Å²) in [6.45, 7) is 0. The van der Waals surface area contributed by atoms with Gasteiger partial charge in [0.2, 0.25) is 0 Å². The largest absolute Gasteiger partial charge is 0.456 e. The molecule has 0 aromatic heterocycles. The van der Waals surface area contributed by atoms with Gasteiger partial charge in [0.1, 0.15) is 17.0 Å². The first kappa shape index (κ1) is 27.8. The molecule has 4 N–H and O–H groups in total. The average molecular weight is 617 g/mol. The zero-order chi connectivity index (χ0) is 31.3. The van der Waals surface area contributed by atoms with E-state index in [0.717, 1.165) is 27.6 Å². The Morgan fingerprint density at radius 1 is 0.630 bits per heavy atom. The Labute approximate surface area is 268 Å². The predicted molar refractivity (Wildman–Crippen MR) is 187 cm³/mol. The van der Waals surface area contributed by atoms with Gasteiger partial charge in [0.05, 0.1) is 6.21 Å². The van der Waals surface area contributed by atoms with Gasteiger partial charge in [-0.3, -0.25) is 4.79 Å². The molecular weight excluding hydrogens is 587 g/mol. The maximum absolute atomic E-state index is 14.4. The maximum Gasteiger partial charge on any atom is 0.275 e. The third kappa shape index (κ3) is 4.30. The number of hydrogen-bond acceptors (Lipinski definition) is 5. The number of fused-ring (bicyclic) bond motifs is 6. The molecule has 1 amide bonds. The van der Waals surface area contributed by atoms with E-state index in [4.69, 9.17) is 21.3 Å². The van der Waals surface area contributed by atoms with Crippen LogP contribution in [0.5, 0.6) is 11.5 Å². The molecule has 0 atom stereocenters. The zero-order valence-corrected chi connectivity index (χ0v) is 25.6. The van der Waals surface area contributed by atoms with Crippen LogP contribution in [0.2, 0.25) is 0 Å². The zero-order valence-electron chi connectivity index (χ0n) is 24.7. The SMILES string of the molecule is Nc1ccc2c(c1)Oc1cc(N)ccc1C21c2ccccc2C(=O)N1/N=C/c1ccccc1P(c1ccccc1)c1ccccc1. The fourth-order valence-electron chi connectivity index (χ4n) is 6.63. The van der Waals surface area contributed by atoms with Crippen molar-refractivity contribution in [3.05, 3.63) is 173 Å². The van der Waals surface area contributed by atoms with Crippen LogP contribution >= 0.6 is 7.92 Å². The van der Waals surface area contributed by atoms with Crippen LogP contribution in [0.4, 0.5) is 11.4 Å². The Hall–Kier alpha value is -5.71. The molecule has 0 fully saturated rings. The Balaban J connectivity index is 1.34. The molecule has 6 aromatic rings. The summed E-state index contributed by atoms with van der Waals surface area (Å²) in [4.78, 5) is 14.4. The smallest absolute Gasteiger partial charge is 0.275 e. The lowest BCUT2D eigenvalue weighted by molar-refractivity contribution is 0.0675. The number of carbonyl (C=O) groups excluding carboxylic acids is 1. The highest BCUT2D eigenvalue weighted by Gasteiger charge is 2.57. The van der Waals surface area contributed by atoms with E-state index in [-0.39, 0.29) is 5.91 Å². The summed E-state index contributed by atoms with van der Waals surface area (Å²) in [7, 11) is -0.905. The first-order chi connectivity index (χ1) is 22.6. The average Bonchev–Trinajstić information content (AvgIpc) is 3.33. The molecule has 8 rings (SSSR count). The number of hydrogen-bond donors (Lipinski definition) is 2. The van der Waals surface area contributed by atoms with E-state index in [1.807, 2.05) is 72.9 Å². The monoisotopic (exact) mass is 616 g/mol. The number of carbonyl (C=O) groups is 1. The summed E-state index contributed by atoms with van der Waals surface area (Å²) < 4.78 is 6.39. The van der Waals surface area contributed by atoms with Crippen molar-refractivity contribution in [3.8, 4) is 11.5 Å². The molecule has 1 spiro atoms. The number of nitrogens with two attached hydrogens (primary N) is 2. The van der Waals surface area contributed by atoms with E-state index < -0.39 is 13.5 Å². The number of benzene rings is 6. The Kier molecular flexibility index (Phi) is 6.66. The summed E-state index contributed by atoms with van der Waals surface area (Å²) in [5.41, 5.74) is 16.4. The fourth-order valence-corrected chi connectivity index (χ4v) is 9.05. The minimum atomic E-state index is -1.10. The lowest BCUT2D eigenvalue weighted by Crippen LogP contribution is -2.44. The van der Waals surface area contributed by atoms with Crippen LogP contribution in [0, 0.1) is 0 Å². The van der Waals surface area contributed by atoms with Gasteiger partial charge in [0.25, 0.3) is 5.91 Å². The number of anilines is 2. The first-order valence-corrected chi connectivity index (χ1v) is 16.3. The molecule has 0 aliphatic carbocycles. The standard InChI is InChI=1S/C39H29N4O2P/c40-27-19-21-33-35(23-27)45-36-24-28(41)20-22-34(36)39(33)32-17-9-8-16-31(32)38(44)43(39)42-25-26-11-7-10-18-37(26)46(29-12-3-1-4-13-29)30-14-5-2-6-15-30/h1-25H,40-41H2/b42-25+. The first-order valence-electron chi connectivity index (χ1n) is 15.0. The number of rotatable bonds is 5. The Morgan fingerprint density at radius 2 is 1.17 bits per heavy atom. The van der Waals surface area contributed by atoms with Crippen molar-refractivity contribution >= 4 is 47.3 Å². The third-order valence-electron chi connectivity index (χ3n) is 8.59. The molecule has 46 heavy (non-hydrogen) atoms. The maximum atomic E-state index is 14.4. The molecule has 0 unspecified atom stereocenters. The van der Waals surface area contributed by atoms with Crippen LogP contribution in [0.1, 0.15) is 32.6 Å². The van der Waals surface area contributed by atoms with Crippen molar-refractivity contribution in [1.82, 2.24) is 5.01 Å². The van der Waals surface area contributed by atoms with Crippen LogP contribution in [-0.4, -0.2) is 17.1 Å². The van der Waals surface area contributed by atoms with Crippen molar-refractivity contribution in [2.24, 2.45) is 5.10 Å². The second-order valence-electron chi connectivity index (χ2n) is 11.3. The van der Waals surface area contributed by atoms with Crippen LogP contribution in [0.15, 0.2) is 151 Å². The summed E-state index contributed by atoms with van der Waals surface area (Å²) in [6.07, 6.45) is 1.82. The van der Waals surface area contributed by atoms with Crippen molar-refractivity contribution in [2.75, 3.05) is 11.5 Å². The van der Waals surface area contributed by atoms with Gasteiger partial charge in [-0.05, 0) is 42.0 Å². The van der Waals surface area contributed by atoms with Gasteiger partial charge < -0.3 is 16.2 Å². The molecular formula is C39H29N4O2P. The minimum absolute atomic E-state index is 0.204. The molecule has 6 nitrogen and oxygen atoms in total. The third-order valence-corrected chi connectivity index (χ3v) is 11.1. The summed E-state index contributed by atoms with van der Waals surface area (Å²) in [5, 5.41) is 10.3. The normalized spacial score (nSPS) is 14.3. The number of nitrogen functional groups attached to an aromatic ring is 2. The lowest BCUT2D eigenvalue weighted by Gasteiger charge is -2.41. The van der Waals surface area contributed by atoms with Crippen LogP contribution < -0.4 is 32.1 Å². The van der Waals surface area contributed by atoms with E-state index in [1.165, 1.54) is 10.6 Å². The molecule has 2 heterocycles. The van der Waals surface area contributed by atoms with E-state index in [0.29, 0.717) is 28.4 Å². The molecule has 222 valence electrons. The van der Waals surface area contributed by atoms with Gasteiger partial charge in [0, 0.05) is 51.3 Å². The van der Waals surface area contributed by atoms with E-state index in [1.54, 1.807) is 17.1 Å². The molecule has 0 radical (unpaired) electrons. The molecule has 2 aliphatic heterocycles. The summed E-state index contributed by atoms with van der Waals surface area (Å²) >= 11 is 0. The predicted octanol–water partition coefficient (Wildman–Crippen LogP) is 6.50. The number of ether oxygens (including phenoxy) is 1. The second kappa shape index (κ2) is 11.0. The summed E-state index contributed by atoms with van der Waals surface area (Å²) in [6, 6.07) is 48.2. The Morgan fingerprint density at radius 3 is 1.80 bits per heavy atom. The topological polar surface area (TPSA) is 93.9 Å². The highest BCUT2D eigenvalue weighted by atomic mass is 31.1. The van der Waals surface area contributed by atoms with Crippen molar-refractivity contribution in [3.63, 3.8) is 0 Å². The van der Waals surface area contributed by atoms with E-state index >= 15 is 0 Å². The van der Waals surface area contributed by atoms with Gasteiger partial charge in [-0.2, -0.15) is 5.10 Å². The quantitative estimate of drug-likeness (QED) is 0.131. The molecule has 6 aromatic carbocycles. The van der Waals surface area contributed by atoms with Crippen molar-refractivity contribution in [1.29, 1.82) is 0 Å². The minimum Gasteiger partial charge on any atom is -0.456 e. The van der Waals surface area contributed by atoms with Crippen molar-refractivity contribution < 1.29 is 9.53 Å². The number of hydrazone groups is 1. The van der Waals surface area contributed by atoms with Crippen LogP contribution in [-0.2, 0) is 5.54 Å². The second-order valence-corrected chi connectivity index (χ2v) is 13.5. The van der Waals surface area contributed by atoms with Crippen molar-refractivity contribution in [2.45, 2.75) is 5.54 Å². The van der Waals surface area contributed by atoms with E-state index in [9.17, 15) is 4.79 Å². The van der Waals surface area contributed by atoms with Gasteiger partial charge in [0.15, 0.2) is 0 Å². The van der Waals surface area contributed by atoms with Gasteiger partial charge in [-0.1, -0.05) is 115 Å². The molecule has 0 bridgehead atoms. The highest BCUT2D eigenvalue weighted by Crippen LogP contribution is 2.58. The highest BCUT2D eigenvalue weighted by molar-refractivity contribution is 7.80. The lowest BCUT2D eigenvalue weighted by atomic mass is 9.75. The van der Waals surface area contributed by atoms with Gasteiger partial charge >= 0.3 is 0 Å². The van der Waals surface area contributed by atoms with Crippen LogP contribution in [0.25, 0.3) is 0 Å². The summed E-state index contributed by atoms with van der Waals surface area (Å²) in [5.74, 6) is 0.907. The van der Waals surface area contributed by atoms with Gasteiger partial charge in [-0.15, -0.1) is 0 Å². The molecule has 0 saturated heterocycles. The molecule has 0 saturated carbocycles. The van der Waals surface area contributed by atoms with Crippen LogP contribution in [0.3, 0.4) is 0 Å². The van der Waals surface area contributed by atoms with Gasteiger partial charge in [-0.25, -0.2) is 5.01 Å². The molecule has 2 aliphatic rings. The number of nitrogens with zero attached hydrogens (tertiary/aromatic N) is 2.